The molecule has 2 N–H and O–H groups in total. The molecule has 0 fully saturated rings. The van der Waals surface area contributed by atoms with E-state index < -0.39 is 5.56 Å². The van der Waals surface area contributed by atoms with Crippen molar-refractivity contribution in [2.24, 2.45) is 0 Å². The van der Waals surface area contributed by atoms with Crippen LogP contribution in [0.3, 0.4) is 0 Å². The fraction of sp³-hybridized carbons (Fsp3) is 0.280. The lowest BCUT2D eigenvalue weighted by Gasteiger charge is -2.29. The molecule has 1 aliphatic rings. The standard InChI is InChI=1S/C25H27N3O4/c1-31-22-14-18-10-12-28(16-19(18)15-23(22)32-2)13-11-26-24(29)20-8-9-21(27-25(20)30)17-6-4-3-5-7-17/h3-9,14-15H,10-13,16H2,1-2H3,(H,26,29)(H,27,30). The zero-order valence-electron chi connectivity index (χ0n) is 18.3. The Morgan fingerprint density at radius 3 is 2.44 bits per heavy atom. The minimum atomic E-state index is -0.392. The van der Waals surface area contributed by atoms with Gasteiger partial charge in [-0.1, -0.05) is 30.3 Å². The van der Waals surface area contributed by atoms with Gasteiger partial charge in [0.2, 0.25) is 0 Å². The number of carbonyl (C=O) groups is 1. The van der Waals surface area contributed by atoms with E-state index in [1.54, 1.807) is 26.4 Å². The molecule has 0 radical (unpaired) electrons. The van der Waals surface area contributed by atoms with Crippen molar-refractivity contribution in [3.63, 3.8) is 0 Å². The van der Waals surface area contributed by atoms with E-state index in [2.05, 4.69) is 15.2 Å². The van der Waals surface area contributed by atoms with Crippen LogP contribution in [0.15, 0.2) is 59.4 Å². The second-order valence-electron chi connectivity index (χ2n) is 7.74. The van der Waals surface area contributed by atoms with E-state index in [1.165, 1.54) is 11.1 Å². The smallest absolute Gasteiger partial charge is 0.261 e. The molecule has 0 atom stereocenters. The van der Waals surface area contributed by atoms with E-state index in [4.69, 9.17) is 9.47 Å². The highest BCUT2D eigenvalue weighted by Gasteiger charge is 2.19. The molecule has 0 spiro atoms. The molecule has 32 heavy (non-hydrogen) atoms. The predicted molar refractivity (Wildman–Crippen MR) is 123 cm³/mol. The molecule has 4 rings (SSSR count). The quantitative estimate of drug-likeness (QED) is 0.599. The molecule has 0 saturated carbocycles. The molecule has 1 aromatic heterocycles. The third-order valence-corrected chi connectivity index (χ3v) is 5.75. The average molecular weight is 434 g/mol. The summed E-state index contributed by atoms with van der Waals surface area (Å²) in [4.78, 5) is 30.0. The van der Waals surface area contributed by atoms with Crippen LogP contribution in [-0.2, 0) is 13.0 Å². The predicted octanol–water partition coefficient (Wildman–Crippen LogP) is 2.85. The highest BCUT2D eigenvalue weighted by atomic mass is 16.5. The monoisotopic (exact) mass is 433 g/mol. The van der Waals surface area contributed by atoms with Gasteiger partial charge in [0.05, 0.1) is 14.2 Å². The van der Waals surface area contributed by atoms with Crippen molar-refractivity contribution < 1.29 is 14.3 Å². The molecule has 0 bridgehead atoms. The molecule has 0 saturated heterocycles. The van der Waals surface area contributed by atoms with Gasteiger partial charge in [-0.3, -0.25) is 14.5 Å². The van der Waals surface area contributed by atoms with Crippen molar-refractivity contribution in [3.8, 4) is 22.8 Å². The van der Waals surface area contributed by atoms with Gasteiger partial charge < -0.3 is 19.8 Å². The van der Waals surface area contributed by atoms with Crippen LogP contribution >= 0.6 is 0 Å². The first-order valence-electron chi connectivity index (χ1n) is 10.6. The number of H-pyrrole nitrogens is 1. The van der Waals surface area contributed by atoms with Crippen LogP contribution in [-0.4, -0.2) is 49.6 Å². The summed E-state index contributed by atoms with van der Waals surface area (Å²) in [6, 6.07) is 16.9. The summed E-state index contributed by atoms with van der Waals surface area (Å²) in [7, 11) is 3.27. The number of aromatic nitrogens is 1. The molecule has 0 unspecified atom stereocenters. The van der Waals surface area contributed by atoms with Crippen LogP contribution in [0.25, 0.3) is 11.3 Å². The Bertz CT molecular complexity index is 1160. The molecule has 1 aliphatic heterocycles. The fourth-order valence-corrected chi connectivity index (χ4v) is 3.99. The number of hydrogen-bond donors (Lipinski definition) is 2. The Labute approximate surface area is 187 Å². The van der Waals surface area contributed by atoms with Crippen LogP contribution < -0.4 is 20.3 Å². The van der Waals surface area contributed by atoms with Crippen LogP contribution in [0.2, 0.25) is 0 Å². The lowest BCUT2D eigenvalue weighted by Crippen LogP contribution is -2.39. The number of rotatable bonds is 7. The maximum absolute atomic E-state index is 12.5. The number of carbonyl (C=O) groups excluding carboxylic acids is 1. The molecule has 2 aromatic carbocycles. The topological polar surface area (TPSA) is 83.7 Å². The highest BCUT2D eigenvalue weighted by Crippen LogP contribution is 2.33. The van der Waals surface area contributed by atoms with Crippen molar-refractivity contribution in [3.05, 3.63) is 81.6 Å². The Kier molecular flexibility index (Phi) is 6.56. The highest BCUT2D eigenvalue weighted by molar-refractivity contribution is 5.94. The average Bonchev–Trinajstić information content (AvgIpc) is 2.83. The third kappa shape index (κ3) is 4.68. The largest absolute Gasteiger partial charge is 0.493 e. The molecule has 2 heterocycles. The van der Waals surface area contributed by atoms with Crippen molar-refractivity contribution in [2.45, 2.75) is 13.0 Å². The van der Waals surface area contributed by atoms with Gasteiger partial charge in [0.1, 0.15) is 5.56 Å². The molecular weight excluding hydrogens is 406 g/mol. The van der Waals surface area contributed by atoms with Gasteiger partial charge in [-0.2, -0.15) is 0 Å². The van der Waals surface area contributed by atoms with Crippen molar-refractivity contribution in [2.75, 3.05) is 33.9 Å². The number of hydrogen-bond acceptors (Lipinski definition) is 5. The Morgan fingerprint density at radius 2 is 1.75 bits per heavy atom. The maximum atomic E-state index is 12.5. The number of nitrogens with one attached hydrogen (secondary N) is 2. The van der Waals surface area contributed by atoms with Crippen molar-refractivity contribution >= 4 is 5.91 Å². The third-order valence-electron chi connectivity index (χ3n) is 5.75. The second kappa shape index (κ2) is 9.70. The Balaban J connectivity index is 1.34. The van der Waals surface area contributed by atoms with Crippen LogP contribution in [0, 0.1) is 0 Å². The SMILES string of the molecule is COc1cc2c(cc1OC)CN(CCNC(=O)c1ccc(-c3ccccc3)[nH]c1=O)CC2. The summed E-state index contributed by atoms with van der Waals surface area (Å²) in [5, 5.41) is 2.87. The summed E-state index contributed by atoms with van der Waals surface area (Å²) >= 11 is 0. The van der Waals surface area contributed by atoms with Gasteiger partial charge in [-0.15, -0.1) is 0 Å². The van der Waals surface area contributed by atoms with Gasteiger partial charge >= 0.3 is 0 Å². The molecule has 1 amide bonds. The van der Waals surface area contributed by atoms with Gasteiger partial charge in [0.25, 0.3) is 11.5 Å². The molecule has 0 aliphatic carbocycles. The van der Waals surface area contributed by atoms with E-state index in [1.807, 2.05) is 42.5 Å². The normalized spacial score (nSPS) is 13.3. The molecule has 3 aromatic rings. The Hall–Kier alpha value is -3.58. The first-order valence-corrected chi connectivity index (χ1v) is 10.6. The molecular formula is C25H27N3O4. The van der Waals surface area contributed by atoms with Gasteiger partial charge in [-0.05, 0) is 47.4 Å². The lowest BCUT2D eigenvalue weighted by atomic mass is 9.99. The second-order valence-corrected chi connectivity index (χ2v) is 7.74. The van der Waals surface area contributed by atoms with Gasteiger partial charge in [0.15, 0.2) is 11.5 Å². The van der Waals surface area contributed by atoms with Crippen LogP contribution in [0.5, 0.6) is 11.5 Å². The zero-order chi connectivity index (χ0) is 22.5. The maximum Gasteiger partial charge on any atom is 0.261 e. The Morgan fingerprint density at radius 1 is 1.03 bits per heavy atom. The van der Waals surface area contributed by atoms with E-state index in [0.29, 0.717) is 18.8 Å². The van der Waals surface area contributed by atoms with E-state index in [0.717, 1.165) is 36.6 Å². The number of aromatic amines is 1. The zero-order valence-corrected chi connectivity index (χ0v) is 18.3. The first kappa shape index (κ1) is 21.6. The van der Waals surface area contributed by atoms with E-state index in [-0.39, 0.29) is 11.5 Å². The number of ether oxygens (including phenoxy) is 2. The first-order chi connectivity index (χ1) is 15.6. The minimum Gasteiger partial charge on any atom is -0.493 e. The molecule has 7 heteroatoms. The van der Waals surface area contributed by atoms with E-state index >= 15 is 0 Å². The number of fused-ring (bicyclic) bond motifs is 1. The molecule has 7 nitrogen and oxygen atoms in total. The van der Waals surface area contributed by atoms with E-state index in [9.17, 15) is 9.59 Å². The number of amides is 1. The van der Waals surface area contributed by atoms with Crippen LogP contribution in [0.4, 0.5) is 0 Å². The van der Waals surface area contributed by atoms with Crippen LogP contribution in [0.1, 0.15) is 21.5 Å². The molecule has 166 valence electrons. The summed E-state index contributed by atoms with van der Waals surface area (Å²) in [6.45, 7) is 2.82. The lowest BCUT2D eigenvalue weighted by molar-refractivity contribution is 0.0946. The number of benzene rings is 2. The van der Waals surface area contributed by atoms with Crippen molar-refractivity contribution in [1.29, 1.82) is 0 Å². The summed E-state index contributed by atoms with van der Waals surface area (Å²) in [5.41, 5.74) is 3.77. The fourth-order valence-electron chi connectivity index (χ4n) is 3.99. The summed E-state index contributed by atoms with van der Waals surface area (Å²) < 4.78 is 10.8. The number of nitrogens with zero attached hydrogens (tertiary/aromatic N) is 1. The summed E-state index contributed by atoms with van der Waals surface area (Å²) in [6.07, 6.45) is 0.907. The van der Waals surface area contributed by atoms with Gasteiger partial charge in [-0.25, -0.2) is 0 Å². The number of methoxy groups -OCH3 is 2. The number of pyridine rings is 1. The van der Waals surface area contributed by atoms with Crippen molar-refractivity contribution in [1.82, 2.24) is 15.2 Å². The van der Waals surface area contributed by atoms with Gasteiger partial charge in [0, 0.05) is 31.9 Å². The minimum absolute atomic E-state index is 0.116. The summed E-state index contributed by atoms with van der Waals surface area (Å²) in [5.74, 6) is 1.10.